The number of rotatable bonds is 1. The molecule has 0 aliphatic carbocycles. The standard InChI is InChI=1S/C11H9Cl2N/c1-7-5-9(12)3-4-10(7)11(13)8(2)6-14/h3-5H,1-2H3/b11-8-. The van der Waals surface area contributed by atoms with E-state index in [4.69, 9.17) is 28.5 Å². The number of hydrogen-bond acceptors (Lipinski definition) is 1. The van der Waals surface area contributed by atoms with Crippen LogP contribution < -0.4 is 0 Å². The van der Waals surface area contributed by atoms with E-state index in [-0.39, 0.29) is 0 Å². The van der Waals surface area contributed by atoms with Gasteiger partial charge in [-0.25, -0.2) is 0 Å². The number of hydrogen-bond donors (Lipinski definition) is 0. The largest absolute Gasteiger partial charge is 0.193 e. The van der Waals surface area contributed by atoms with Crippen LogP contribution in [0.1, 0.15) is 18.1 Å². The Kier molecular flexibility index (Phi) is 3.57. The van der Waals surface area contributed by atoms with E-state index >= 15 is 0 Å². The number of nitriles is 1. The second-order valence-corrected chi connectivity index (χ2v) is 3.82. The monoisotopic (exact) mass is 225 g/mol. The first-order valence-electron chi connectivity index (χ1n) is 4.09. The average Bonchev–Trinajstić information content (AvgIpc) is 2.15. The zero-order chi connectivity index (χ0) is 10.7. The van der Waals surface area contributed by atoms with Crippen molar-refractivity contribution in [3.63, 3.8) is 0 Å². The summed E-state index contributed by atoms with van der Waals surface area (Å²) in [5.41, 5.74) is 2.34. The molecule has 0 saturated heterocycles. The van der Waals surface area contributed by atoms with E-state index < -0.39 is 0 Å². The maximum atomic E-state index is 8.69. The van der Waals surface area contributed by atoms with Crippen LogP contribution in [0.3, 0.4) is 0 Å². The summed E-state index contributed by atoms with van der Waals surface area (Å²) in [6, 6.07) is 7.42. The van der Waals surface area contributed by atoms with Crippen molar-refractivity contribution in [1.29, 1.82) is 5.26 Å². The van der Waals surface area contributed by atoms with E-state index in [1.165, 1.54) is 0 Å². The van der Waals surface area contributed by atoms with Crippen LogP contribution in [0.15, 0.2) is 23.8 Å². The second-order valence-electron chi connectivity index (χ2n) is 3.01. The van der Waals surface area contributed by atoms with Crippen LogP contribution in [-0.4, -0.2) is 0 Å². The quantitative estimate of drug-likeness (QED) is 0.660. The van der Waals surface area contributed by atoms with E-state index in [0.29, 0.717) is 15.6 Å². The Morgan fingerprint density at radius 1 is 1.43 bits per heavy atom. The molecule has 0 atom stereocenters. The fourth-order valence-corrected chi connectivity index (χ4v) is 1.61. The molecule has 0 unspecified atom stereocenters. The molecule has 1 rings (SSSR count). The van der Waals surface area contributed by atoms with Gasteiger partial charge in [-0.05, 0) is 37.1 Å². The highest BCUT2D eigenvalue weighted by Gasteiger charge is 2.06. The Morgan fingerprint density at radius 2 is 2.07 bits per heavy atom. The summed E-state index contributed by atoms with van der Waals surface area (Å²) >= 11 is 11.8. The molecule has 0 fully saturated rings. The van der Waals surface area contributed by atoms with Gasteiger partial charge in [0, 0.05) is 10.6 Å². The van der Waals surface area contributed by atoms with Gasteiger partial charge in [0.1, 0.15) is 0 Å². The van der Waals surface area contributed by atoms with Gasteiger partial charge in [0.2, 0.25) is 0 Å². The Balaban J connectivity index is 3.29. The SMILES string of the molecule is C/C(C#N)=C(/Cl)c1ccc(Cl)cc1C. The van der Waals surface area contributed by atoms with Gasteiger partial charge in [0.15, 0.2) is 0 Å². The molecule has 3 heteroatoms. The van der Waals surface area contributed by atoms with Crippen molar-refractivity contribution >= 4 is 28.2 Å². The first-order valence-corrected chi connectivity index (χ1v) is 4.85. The first kappa shape index (κ1) is 11.1. The van der Waals surface area contributed by atoms with Gasteiger partial charge in [-0.3, -0.25) is 0 Å². The molecule has 14 heavy (non-hydrogen) atoms. The minimum Gasteiger partial charge on any atom is -0.193 e. The molecule has 72 valence electrons. The normalized spacial score (nSPS) is 11.9. The minimum atomic E-state index is 0.488. The van der Waals surface area contributed by atoms with Crippen molar-refractivity contribution in [2.45, 2.75) is 13.8 Å². The molecule has 0 radical (unpaired) electrons. The third kappa shape index (κ3) is 2.29. The topological polar surface area (TPSA) is 23.8 Å². The Hall–Kier alpha value is -0.970. The van der Waals surface area contributed by atoms with Gasteiger partial charge in [0.05, 0.1) is 11.1 Å². The Morgan fingerprint density at radius 3 is 2.57 bits per heavy atom. The fourth-order valence-electron chi connectivity index (χ4n) is 1.12. The summed E-state index contributed by atoms with van der Waals surface area (Å²) in [6.07, 6.45) is 0. The van der Waals surface area contributed by atoms with E-state index in [9.17, 15) is 0 Å². The predicted octanol–water partition coefficient (Wildman–Crippen LogP) is 4.14. The third-order valence-corrected chi connectivity index (χ3v) is 2.64. The zero-order valence-corrected chi connectivity index (χ0v) is 9.45. The molecule has 0 heterocycles. The van der Waals surface area contributed by atoms with Crippen LogP contribution >= 0.6 is 23.2 Å². The predicted molar refractivity (Wildman–Crippen MR) is 60.2 cm³/mol. The molecule has 0 N–H and O–H groups in total. The van der Waals surface area contributed by atoms with Crippen molar-refractivity contribution in [1.82, 2.24) is 0 Å². The van der Waals surface area contributed by atoms with Crippen LogP contribution in [0.5, 0.6) is 0 Å². The molecule has 1 aromatic rings. The summed E-state index contributed by atoms with van der Waals surface area (Å²) < 4.78 is 0. The van der Waals surface area contributed by atoms with Crippen molar-refractivity contribution in [2.75, 3.05) is 0 Å². The lowest BCUT2D eigenvalue weighted by atomic mass is 10.1. The number of halogens is 2. The van der Waals surface area contributed by atoms with Crippen LogP contribution in [0.4, 0.5) is 0 Å². The molecule has 0 aliphatic heterocycles. The highest BCUT2D eigenvalue weighted by molar-refractivity contribution is 6.49. The molecule has 1 nitrogen and oxygen atoms in total. The molecule has 1 aromatic carbocycles. The molecule has 0 saturated carbocycles. The van der Waals surface area contributed by atoms with Crippen LogP contribution in [-0.2, 0) is 0 Å². The zero-order valence-electron chi connectivity index (χ0n) is 7.94. The van der Waals surface area contributed by atoms with Gasteiger partial charge < -0.3 is 0 Å². The van der Waals surface area contributed by atoms with Gasteiger partial charge in [-0.2, -0.15) is 5.26 Å². The summed E-state index contributed by atoms with van der Waals surface area (Å²) in [7, 11) is 0. The highest BCUT2D eigenvalue weighted by atomic mass is 35.5. The maximum Gasteiger partial charge on any atom is 0.0959 e. The lowest BCUT2D eigenvalue weighted by Crippen LogP contribution is -1.86. The smallest absolute Gasteiger partial charge is 0.0959 e. The number of allylic oxidation sites excluding steroid dienone is 1. The number of aryl methyl sites for hydroxylation is 1. The average molecular weight is 226 g/mol. The highest BCUT2D eigenvalue weighted by Crippen LogP contribution is 2.27. The molecular weight excluding hydrogens is 217 g/mol. The van der Waals surface area contributed by atoms with Crippen molar-refractivity contribution < 1.29 is 0 Å². The van der Waals surface area contributed by atoms with E-state index in [1.54, 1.807) is 13.0 Å². The minimum absolute atomic E-state index is 0.488. The summed E-state index contributed by atoms with van der Waals surface area (Å²) in [6.45, 7) is 3.60. The first-order chi connectivity index (χ1) is 6.56. The van der Waals surface area contributed by atoms with Crippen molar-refractivity contribution in [2.24, 2.45) is 0 Å². The van der Waals surface area contributed by atoms with Gasteiger partial charge >= 0.3 is 0 Å². The van der Waals surface area contributed by atoms with Gasteiger partial charge in [0.25, 0.3) is 0 Å². The second kappa shape index (κ2) is 4.50. The maximum absolute atomic E-state index is 8.69. The van der Waals surface area contributed by atoms with E-state index in [0.717, 1.165) is 11.1 Å². The molecular formula is C11H9Cl2N. The number of nitrogens with zero attached hydrogens (tertiary/aromatic N) is 1. The lowest BCUT2D eigenvalue weighted by Gasteiger charge is -2.05. The summed E-state index contributed by atoms with van der Waals surface area (Å²) in [4.78, 5) is 0. The van der Waals surface area contributed by atoms with Gasteiger partial charge in [-0.15, -0.1) is 0 Å². The fraction of sp³-hybridized carbons (Fsp3) is 0.182. The molecule has 0 aromatic heterocycles. The van der Waals surface area contributed by atoms with E-state index in [2.05, 4.69) is 0 Å². The third-order valence-electron chi connectivity index (χ3n) is 1.92. The lowest BCUT2D eigenvalue weighted by molar-refractivity contribution is 1.41. The summed E-state index contributed by atoms with van der Waals surface area (Å²) in [5.74, 6) is 0. The molecule has 0 bridgehead atoms. The Bertz CT molecular complexity index is 427. The Labute approximate surface area is 93.6 Å². The van der Waals surface area contributed by atoms with Gasteiger partial charge in [-0.1, -0.05) is 29.3 Å². The van der Waals surface area contributed by atoms with E-state index in [1.807, 2.05) is 25.1 Å². The summed E-state index contributed by atoms with van der Waals surface area (Å²) in [5, 5.41) is 9.85. The van der Waals surface area contributed by atoms with Crippen LogP contribution in [0.25, 0.3) is 5.03 Å². The molecule has 0 aliphatic rings. The molecule has 0 amide bonds. The van der Waals surface area contributed by atoms with Crippen LogP contribution in [0, 0.1) is 18.3 Å². The molecule has 0 spiro atoms. The van der Waals surface area contributed by atoms with Crippen molar-refractivity contribution in [3.05, 3.63) is 39.9 Å². The van der Waals surface area contributed by atoms with Crippen LogP contribution in [0.2, 0.25) is 5.02 Å². The number of benzene rings is 1. The van der Waals surface area contributed by atoms with Crippen molar-refractivity contribution in [3.8, 4) is 6.07 Å².